The Labute approximate surface area is 160 Å². The molecule has 0 aliphatic heterocycles. The monoisotopic (exact) mass is 365 g/mol. The second-order valence-electron chi connectivity index (χ2n) is 6.79. The van der Waals surface area contributed by atoms with Gasteiger partial charge in [-0.1, -0.05) is 18.2 Å². The fourth-order valence-corrected chi connectivity index (χ4v) is 2.94. The molecular formula is C21H27N5O. The van der Waals surface area contributed by atoms with Crippen LogP contribution in [0.4, 0.5) is 5.82 Å². The number of nitrogens with one attached hydrogen (secondary N) is 2. The highest BCUT2D eigenvalue weighted by molar-refractivity contribution is 5.85. The van der Waals surface area contributed by atoms with Crippen molar-refractivity contribution in [2.45, 2.75) is 26.4 Å². The van der Waals surface area contributed by atoms with E-state index in [1.54, 1.807) is 7.05 Å². The standard InChI is InChI=1S/C21H27N5O/c1-14-10-11-19(27-14)15(2)24-21(22-3)23-13-16-12-20(26(4)5)25-18-9-7-6-8-17(16)18/h6-12,15H,13H2,1-5H3,(H2,22,23,24). The summed E-state index contributed by atoms with van der Waals surface area (Å²) in [7, 11) is 5.77. The number of nitrogens with zero attached hydrogens (tertiary/aromatic N) is 3. The molecule has 1 unspecified atom stereocenters. The molecular weight excluding hydrogens is 338 g/mol. The van der Waals surface area contributed by atoms with Crippen LogP contribution in [0.15, 0.2) is 51.9 Å². The van der Waals surface area contributed by atoms with Gasteiger partial charge in [-0.05, 0) is 43.7 Å². The molecule has 0 amide bonds. The van der Waals surface area contributed by atoms with Gasteiger partial charge in [0.25, 0.3) is 0 Å². The molecule has 1 aromatic carbocycles. The molecule has 2 heterocycles. The number of anilines is 1. The van der Waals surface area contributed by atoms with Crippen LogP contribution in [0.25, 0.3) is 10.9 Å². The van der Waals surface area contributed by atoms with Gasteiger partial charge in [0.2, 0.25) is 0 Å². The minimum absolute atomic E-state index is 0.0245. The Morgan fingerprint density at radius 3 is 2.67 bits per heavy atom. The van der Waals surface area contributed by atoms with Gasteiger partial charge in [-0.15, -0.1) is 0 Å². The Hall–Kier alpha value is -3.02. The minimum atomic E-state index is 0.0245. The number of rotatable bonds is 5. The molecule has 142 valence electrons. The van der Waals surface area contributed by atoms with Gasteiger partial charge in [0.05, 0.1) is 11.6 Å². The SMILES string of the molecule is CN=C(NCc1cc(N(C)C)nc2ccccc12)NC(C)c1ccc(C)o1. The molecule has 0 spiro atoms. The second kappa shape index (κ2) is 8.12. The first-order valence-corrected chi connectivity index (χ1v) is 9.07. The van der Waals surface area contributed by atoms with E-state index in [1.165, 1.54) is 5.56 Å². The number of aryl methyl sites for hydroxylation is 1. The summed E-state index contributed by atoms with van der Waals surface area (Å²) in [6.07, 6.45) is 0. The molecule has 6 heteroatoms. The second-order valence-corrected chi connectivity index (χ2v) is 6.79. The van der Waals surface area contributed by atoms with Crippen LogP contribution in [0.3, 0.4) is 0 Å². The van der Waals surface area contributed by atoms with E-state index in [4.69, 9.17) is 9.40 Å². The van der Waals surface area contributed by atoms with E-state index in [0.717, 1.165) is 34.2 Å². The molecule has 0 radical (unpaired) electrons. The average molecular weight is 365 g/mol. The Bertz CT molecular complexity index is 945. The zero-order chi connectivity index (χ0) is 19.4. The number of fused-ring (bicyclic) bond motifs is 1. The summed E-state index contributed by atoms with van der Waals surface area (Å²) in [5, 5.41) is 7.91. The highest BCUT2D eigenvalue weighted by Crippen LogP contribution is 2.22. The predicted octanol–water partition coefficient (Wildman–Crippen LogP) is 3.63. The maximum absolute atomic E-state index is 5.69. The number of aliphatic imine (C=N–C) groups is 1. The maximum Gasteiger partial charge on any atom is 0.191 e. The van der Waals surface area contributed by atoms with Crippen molar-refractivity contribution in [3.05, 3.63) is 59.5 Å². The summed E-state index contributed by atoms with van der Waals surface area (Å²) >= 11 is 0. The Kier molecular flexibility index (Phi) is 5.64. The van der Waals surface area contributed by atoms with Crippen LogP contribution in [-0.2, 0) is 6.54 Å². The zero-order valence-electron chi connectivity index (χ0n) is 16.6. The zero-order valence-corrected chi connectivity index (χ0v) is 16.6. The Morgan fingerprint density at radius 2 is 2.00 bits per heavy atom. The lowest BCUT2D eigenvalue weighted by Gasteiger charge is -2.18. The fourth-order valence-electron chi connectivity index (χ4n) is 2.94. The van der Waals surface area contributed by atoms with Crippen LogP contribution >= 0.6 is 0 Å². The number of guanidine groups is 1. The normalized spacial score (nSPS) is 12.9. The number of aromatic nitrogens is 1. The molecule has 2 aromatic heterocycles. The van der Waals surface area contributed by atoms with Crippen LogP contribution in [-0.4, -0.2) is 32.1 Å². The van der Waals surface area contributed by atoms with E-state index in [1.807, 2.05) is 56.3 Å². The lowest BCUT2D eigenvalue weighted by molar-refractivity contribution is 0.441. The molecule has 0 saturated carbocycles. The fraction of sp³-hybridized carbons (Fsp3) is 0.333. The van der Waals surface area contributed by atoms with Gasteiger partial charge >= 0.3 is 0 Å². The molecule has 2 N–H and O–H groups in total. The summed E-state index contributed by atoms with van der Waals surface area (Å²) in [5.74, 6) is 3.46. The number of hydrogen-bond acceptors (Lipinski definition) is 4. The van der Waals surface area contributed by atoms with Crippen molar-refractivity contribution >= 4 is 22.7 Å². The quantitative estimate of drug-likeness (QED) is 0.534. The van der Waals surface area contributed by atoms with Crippen LogP contribution in [0.2, 0.25) is 0 Å². The number of para-hydroxylation sites is 1. The lowest BCUT2D eigenvalue weighted by atomic mass is 10.1. The Balaban J connectivity index is 1.76. The van der Waals surface area contributed by atoms with Gasteiger partial charge in [-0.3, -0.25) is 4.99 Å². The van der Waals surface area contributed by atoms with Crippen molar-refractivity contribution in [2.24, 2.45) is 4.99 Å². The Morgan fingerprint density at radius 1 is 1.22 bits per heavy atom. The molecule has 27 heavy (non-hydrogen) atoms. The van der Waals surface area contributed by atoms with Crippen LogP contribution in [0.1, 0.15) is 30.0 Å². The van der Waals surface area contributed by atoms with Crippen molar-refractivity contribution in [1.29, 1.82) is 0 Å². The van der Waals surface area contributed by atoms with E-state index in [2.05, 4.69) is 34.7 Å². The first kappa shape index (κ1) is 18.8. The van der Waals surface area contributed by atoms with Crippen molar-refractivity contribution in [3.8, 4) is 0 Å². The highest BCUT2D eigenvalue weighted by atomic mass is 16.3. The summed E-state index contributed by atoms with van der Waals surface area (Å²) in [4.78, 5) is 11.1. The van der Waals surface area contributed by atoms with Gasteiger partial charge in [0.1, 0.15) is 17.3 Å². The first-order chi connectivity index (χ1) is 13.0. The van der Waals surface area contributed by atoms with E-state index in [-0.39, 0.29) is 6.04 Å². The van der Waals surface area contributed by atoms with Crippen molar-refractivity contribution in [2.75, 3.05) is 26.0 Å². The van der Waals surface area contributed by atoms with Crippen LogP contribution in [0.5, 0.6) is 0 Å². The third-order valence-electron chi connectivity index (χ3n) is 4.46. The summed E-state index contributed by atoms with van der Waals surface area (Å²) in [6.45, 7) is 4.64. The molecule has 0 bridgehead atoms. The highest BCUT2D eigenvalue weighted by Gasteiger charge is 2.12. The summed E-state index contributed by atoms with van der Waals surface area (Å²) in [6, 6.07) is 14.3. The number of benzene rings is 1. The van der Waals surface area contributed by atoms with E-state index in [0.29, 0.717) is 6.54 Å². The van der Waals surface area contributed by atoms with E-state index < -0.39 is 0 Å². The van der Waals surface area contributed by atoms with E-state index >= 15 is 0 Å². The third-order valence-corrected chi connectivity index (χ3v) is 4.46. The van der Waals surface area contributed by atoms with Crippen LogP contribution in [0, 0.1) is 6.92 Å². The topological polar surface area (TPSA) is 65.7 Å². The average Bonchev–Trinajstić information content (AvgIpc) is 3.11. The molecule has 0 aliphatic rings. The van der Waals surface area contributed by atoms with Crippen molar-refractivity contribution < 1.29 is 4.42 Å². The molecule has 3 rings (SSSR count). The molecule has 6 nitrogen and oxygen atoms in total. The van der Waals surface area contributed by atoms with Gasteiger partial charge in [0.15, 0.2) is 5.96 Å². The summed E-state index contributed by atoms with van der Waals surface area (Å²) < 4.78 is 5.69. The van der Waals surface area contributed by atoms with Gasteiger partial charge in [-0.25, -0.2) is 4.98 Å². The summed E-state index contributed by atoms with van der Waals surface area (Å²) in [5.41, 5.74) is 2.16. The van der Waals surface area contributed by atoms with Gasteiger partial charge in [-0.2, -0.15) is 0 Å². The van der Waals surface area contributed by atoms with E-state index in [9.17, 15) is 0 Å². The molecule has 0 fully saturated rings. The number of hydrogen-bond donors (Lipinski definition) is 2. The molecule has 1 atom stereocenters. The van der Waals surface area contributed by atoms with Crippen LogP contribution < -0.4 is 15.5 Å². The minimum Gasteiger partial charge on any atom is -0.464 e. The van der Waals surface area contributed by atoms with Gasteiger partial charge in [0, 0.05) is 33.1 Å². The largest absolute Gasteiger partial charge is 0.464 e. The first-order valence-electron chi connectivity index (χ1n) is 9.07. The lowest BCUT2D eigenvalue weighted by Crippen LogP contribution is -2.38. The smallest absolute Gasteiger partial charge is 0.191 e. The molecule has 0 saturated heterocycles. The van der Waals surface area contributed by atoms with Crippen molar-refractivity contribution in [1.82, 2.24) is 15.6 Å². The van der Waals surface area contributed by atoms with Crippen molar-refractivity contribution in [3.63, 3.8) is 0 Å². The molecule has 3 aromatic rings. The third kappa shape index (κ3) is 4.39. The van der Waals surface area contributed by atoms with Gasteiger partial charge < -0.3 is 20.0 Å². The predicted molar refractivity (Wildman–Crippen MR) is 111 cm³/mol. The number of furan rings is 1. The molecule has 0 aliphatic carbocycles. The number of pyridine rings is 1. The maximum atomic E-state index is 5.69.